The number of hydrogen-bond acceptors (Lipinski definition) is 6. The van der Waals surface area contributed by atoms with Gasteiger partial charge in [-0.15, -0.1) is 0 Å². The third-order valence-corrected chi connectivity index (χ3v) is 6.12. The van der Waals surface area contributed by atoms with Gasteiger partial charge in [-0.05, 0) is 39.4 Å². The van der Waals surface area contributed by atoms with Crippen molar-refractivity contribution in [1.82, 2.24) is 19.8 Å². The molecule has 1 amide bonds. The van der Waals surface area contributed by atoms with Crippen LogP contribution in [0.4, 0.5) is 0 Å². The Bertz CT molecular complexity index is 669. The summed E-state index contributed by atoms with van der Waals surface area (Å²) in [6.07, 6.45) is 7.07. The SMILES string of the molecule is CCN1CCC(C(=O)N2CC3(CC(Oc4cncc(C)n4)CCO3)C2)CC1. The van der Waals surface area contributed by atoms with Crippen molar-refractivity contribution in [3.05, 3.63) is 18.1 Å². The zero-order chi connectivity index (χ0) is 18.9. The Balaban J connectivity index is 1.29. The summed E-state index contributed by atoms with van der Waals surface area (Å²) < 4.78 is 12.1. The summed E-state index contributed by atoms with van der Waals surface area (Å²) in [6, 6.07) is 0. The summed E-state index contributed by atoms with van der Waals surface area (Å²) >= 11 is 0. The molecule has 3 fully saturated rings. The number of ether oxygens (including phenoxy) is 2. The van der Waals surface area contributed by atoms with Gasteiger partial charge in [-0.25, -0.2) is 4.98 Å². The first kappa shape index (κ1) is 18.6. The first-order valence-electron chi connectivity index (χ1n) is 10.2. The maximum Gasteiger partial charge on any atom is 0.232 e. The average molecular weight is 374 g/mol. The fraction of sp³-hybridized carbons (Fsp3) is 0.750. The van der Waals surface area contributed by atoms with Crippen molar-refractivity contribution in [2.45, 2.75) is 51.2 Å². The van der Waals surface area contributed by atoms with Crippen LogP contribution in [0, 0.1) is 12.8 Å². The standard InChI is InChI=1S/C20H30N4O3/c1-3-23-7-4-16(5-8-23)19(25)24-13-20(14-24)10-17(6-9-26-20)27-18-12-21-11-15(2)22-18/h11-12,16-17H,3-10,13-14H2,1-2H3. The summed E-state index contributed by atoms with van der Waals surface area (Å²) in [5.74, 6) is 1.07. The van der Waals surface area contributed by atoms with Gasteiger partial charge in [0.25, 0.3) is 0 Å². The molecule has 3 aliphatic rings. The largest absolute Gasteiger partial charge is 0.473 e. The van der Waals surface area contributed by atoms with Crippen LogP contribution < -0.4 is 4.74 Å². The number of carbonyl (C=O) groups is 1. The number of carbonyl (C=O) groups excluding carboxylic acids is 1. The van der Waals surface area contributed by atoms with Crippen LogP contribution in [0.15, 0.2) is 12.4 Å². The van der Waals surface area contributed by atoms with E-state index < -0.39 is 0 Å². The van der Waals surface area contributed by atoms with Gasteiger partial charge in [-0.3, -0.25) is 9.78 Å². The number of piperidine rings is 1. The van der Waals surface area contributed by atoms with Crippen molar-refractivity contribution in [3.8, 4) is 5.88 Å². The first-order chi connectivity index (χ1) is 13.1. The van der Waals surface area contributed by atoms with Gasteiger partial charge in [0.15, 0.2) is 0 Å². The van der Waals surface area contributed by atoms with Gasteiger partial charge in [0, 0.05) is 25.0 Å². The lowest BCUT2D eigenvalue weighted by Crippen LogP contribution is -2.68. The Morgan fingerprint density at radius 2 is 2.07 bits per heavy atom. The zero-order valence-corrected chi connectivity index (χ0v) is 16.4. The van der Waals surface area contributed by atoms with E-state index in [0.717, 1.165) is 51.0 Å². The topological polar surface area (TPSA) is 67.8 Å². The van der Waals surface area contributed by atoms with Crippen LogP contribution in [0.1, 0.15) is 38.3 Å². The third-order valence-electron chi connectivity index (χ3n) is 6.12. The molecule has 0 N–H and O–H groups in total. The van der Waals surface area contributed by atoms with E-state index in [1.54, 1.807) is 12.4 Å². The van der Waals surface area contributed by atoms with Gasteiger partial charge in [0.1, 0.15) is 11.7 Å². The molecule has 1 spiro atoms. The Hall–Kier alpha value is -1.73. The molecule has 1 unspecified atom stereocenters. The minimum atomic E-state index is -0.236. The second kappa shape index (κ2) is 7.72. The van der Waals surface area contributed by atoms with E-state index in [2.05, 4.69) is 21.8 Å². The molecule has 3 aliphatic heterocycles. The van der Waals surface area contributed by atoms with Crippen LogP contribution in [0.5, 0.6) is 5.88 Å². The van der Waals surface area contributed by atoms with Crippen molar-refractivity contribution >= 4 is 5.91 Å². The van der Waals surface area contributed by atoms with E-state index in [0.29, 0.717) is 31.5 Å². The molecule has 0 bridgehead atoms. The molecule has 4 rings (SSSR count). The summed E-state index contributed by atoms with van der Waals surface area (Å²) in [7, 11) is 0. The minimum Gasteiger partial charge on any atom is -0.473 e. The molecule has 27 heavy (non-hydrogen) atoms. The normalized spacial score (nSPS) is 26.0. The number of nitrogens with zero attached hydrogens (tertiary/aromatic N) is 4. The quantitative estimate of drug-likeness (QED) is 0.798. The molecule has 1 aromatic rings. The fourth-order valence-corrected chi connectivity index (χ4v) is 4.53. The van der Waals surface area contributed by atoms with E-state index >= 15 is 0 Å². The van der Waals surface area contributed by atoms with Gasteiger partial charge in [0.2, 0.25) is 11.8 Å². The molecule has 7 nitrogen and oxygen atoms in total. The molecule has 0 aromatic carbocycles. The Morgan fingerprint density at radius 3 is 2.78 bits per heavy atom. The Morgan fingerprint density at radius 1 is 1.30 bits per heavy atom. The summed E-state index contributed by atoms with van der Waals surface area (Å²) in [5, 5.41) is 0. The Labute approximate surface area is 161 Å². The van der Waals surface area contributed by atoms with E-state index in [9.17, 15) is 4.79 Å². The zero-order valence-electron chi connectivity index (χ0n) is 16.4. The summed E-state index contributed by atoms with van der Waals surface area (Å²) in [5.41, 5.74) is 0.615. The highest BCUT2D eigenvalue weighted by Gasteiger charge is 2.50. The second-order valence-electron chi connectivity index (χ2n) is 8.17. The molecular weight excluding hydrogens is 344 g/mol. The highest BCUT2D eigenvalue weighted by Crippen LogP contribution is 2.37. The minimum absolute atomic E-state index is 0.0693. The molecular formula is C20H30N4O3. The maximum absolute atomic E-state index is 12.8. The number of aromatic nitrogens is 2. The predicted octanol–water partition coefficient (Wildman–Crippen LogP) is 1.66. The van der Waals surface area contributed by atoms with Crippen molar-refractivity contribution in [1.29, 1.82) is 0 Å². The van der Waals surface area contributed by atoms with Crippen molar-refractivity contribution in [2.24, 2.45) is 5.92 Å². The number of rotatable bonds is 4. The van der Waals surface area contributed by atoms with Crippen LogP contribution in [0.2, 0.25) is 0 Å². The van der Waals surface area contributed by atoms with E-state index in [1.807, 2.05) is 11.8 Å². The number of hydrogen-bond donors (Lipinski definition) is 0. The molecule has 3 saturated heterocycles. The Kier molecular flexibility index (Phi) is 5.32. The molecule has 148 valence electrons. The molecule has 0 radical (unpaired) electrons. The van der Waals surface area contributed by atoms with Crippen LogP contribution >= 0.6 is 0 Å². The molecule has 0 aliphatic carbocycles. The number of amides is 1. The van der Waals surface area contributed by atoms with Gasteiger partial charge in [-0.2, -0.15) is 0 Å². The molecule has 1 aromatic heterocycles. The van der Waals surface area contributed by atoms with Crippen LogP contribution in [-0.2, 0) is 9.53 Å². The van der Waals surface area contributed by atoms with E-state index in [1.165, 1.54) is 0 Å². The van der Waals surface area contributed by atoms with Crippen molar-refractivity contribution < 1.29 is 14.3 Å². The molecule has 1 atom stereocenters. The predicted molar refractivity (Wildman–Crippen MR) is 101 cm³/mol. The lowest BCUT2D eigenvalue weighted by Gasteiger charge is -2.53. The van der Waals surface area contributed by atoms with Crippen LogP contribution in [0.25, 0.3) is 0 Å². The summed E-state index contributed by atoms with van der Waals surface area (Å²) in [6.45, 7) is 9.30. The highest BCUT2D eigenvalue weighted by atomic mass is 16.5. The molecule has 4 heterocycles. The fourth-order valence-electron chi connectivity index (χ4n) is 4.53. The van der Waals surface area contributed by atoms with Gasteiger partial charge < -0.3 is 19.3 Å². The summed E-state index contributed by atoms with van der Waals surface area (Å²) in [4.78, 5) is 25.7. The highest BCUT2D eigenvalue weighted by molar-refractivity contribution is 5.80. The smallest absolute Gasteiger partial charge is 0.232 e. The van der Waals surface area contributed by atoms with Gasteiger partial charge in [0.05, 0.1) is 31.6 Å². The van der Waals surface area contributed by atoms with Gasteiger partial charge in [-0.1, -0.05) is 6.92 Å². The van der Waals surface area contributed by atoms with Crippen molar-refractivity contribution in [3.63, 3.8) is 0 Å². The van der Waals surface area contributed by atoms with Crippen LogP contribution in [0.3, 0.4) is 0 Å². The number of likely N-dealkylation sites (tertiary alicyclic amines) is 2. The van der Waals surface area contributed by atoms with Gasteiger partial charge >= 0.3 is 0 Å². The second-order valence-corrected chi connectivity index (χ2v) is 8.17. The van der Waals surface area contributed by atoms with Crippen LogP contribution in [-0.4, -0.2) is 76.7 Å². The first-order valence-corrected chi connectivity index (χ1v) is 10.2. The lowest BCUT2D eigenvalue weighted by atomic mass is 9.83. The maximum atomic E-state index is 12.8. The van der Waals surface area contributed by atoms with E-state index in [4.69, 9.17) is 9.47 Å². The monoisotopic (exact) mass is 374 g/mol. The van der Waals surface area contributed by atoms with E-state index in [-0.39, 0.29) is 17.6 Å². The number of aryl methyl sites for hydroxylation is 1. The third kappa shape index (κ3) is 4.09. The lowest BCUT2D eigenvalue weighted by molar-refractivity contribution is -0.196. The average Bonchev–Trinajstić information content (AvgIpc) is 2.66. The van der Waals surface area contributed by atoms with Crippen molar-refractivity contribution in [2.75, 3.05) is 39.3 Å². The molecule has 0 saturated carbocycles. The molecule has 7 heteroatoms.